The van der Waals surface area contributed by atoms with Crippen LogP contribution in [0.15, 0.2) is 53.7 Å². The number of thioether (sulfide) groups is 1. The van der Waals surface area contributed by atoms with Gasteiger partial charge in [-0.2, -0.15) is 0 Å². The van der Waals surface area contributed by atoms with E-state index in [9.17, 15) is 4.79 Å². The van der Waals surface area contributed by atoms with Crippen LogP contribution in [0.2, 0.25) is 5.02 Å². The highest BCUT2D eigenvalue weighted by Crippen LogP contribution is 2.33. The number of hydrogen-bond donors (Lipinski definition) is 0. The third-order valence-corrected chi connectivity index (χ3v) is 4.80. The Morgan fingerprint density at radius 2 is 1.88 bits per heavy atom. The molecule has 3 rings (SSSR count). The number of methoxy groups -OCH3 is 1. The molecule has 5 nitrogen and oxygen atoms in total. The molecule has 0 aliphatic rings. The molecule has 0 radical (unpaired) electrons. The largest absolute Gasteiger partial charge is 0.496 e. The van der Waals surface area contributed by atoms with Crippen LogP contribution in [0.5, 0.6) is 5.75 Å². The lowest BCUT2D eigenvalue weighted by Crippen LogP contribution is -2.02. The van der Waals surface area contributed by atoms with E-state index in [0.717, 1.165) is 11.3 Å². The van der Waals surface area contributed by atoms with Gasteiger partial charge in [0.1, 0.15) is 11.5 Å². The van der Waals surface area contributed by atoms with Gasteiger partial charge in [0, 0.05) is 10.7 Å². The van der Waals surface area contributed by atoms with Gasteiger partial charge in [-0.3, -0.25) is 9.36 Å². The monoisotopic (exact) mass is 373 g/mol. The van der Waals surface area contributed by atoms with E-state index < -0.39 is 0 Å². The molecule has 0 saturated heterocycles. The maximum absolute atomic E-state index is 11.4. The summed E-state index contributed by atoms with van der Waals surface area (Å²) in [4.78, 5) is 11.4. The fraction of sp³-hybridized carbons (Fsp3) is 0.167. The van der Waals surface area contributed by atoms with Crippen molar-refractivity contribution >= 4 is 29.1 Å². The molecule has 0 saturated carbocycles. The van der Waals surface area contributed by atoms with E-state index in [0.29, 0.717) is 27.5 Å². The molecule has 0 bridgehead atoms. The summed E-state index contributed by atoms with van der Waals surface area (Å²) in [5, 5.41) is 9.90. The lowest BCUT2D eigenvalue weighted by atomic mass is 10.2. The minimum absolute atomic E-state index is 0.0782. The third kappa shape index (κ3) is 3.86. The normalized spacial score (nSPS) is 10.7. The lowest BCUT2D eigenvalue weighted by Gasteiger charge is -2.12. The quantitative estimate of drug-likeness (QED) is 0.604. The first-order valence-electron chi connectivity index (χ1n) is 7.57. The topological polar surface area (TPSA) is 57.0 Å². The summed E-state index contributed by atoms with van der Waals surface area (Å²) in [6.45, 7) is 1.55. The van der Waals surface area contributed by atoms with Crippen LogP contribution in [-0.2, 0) is 4.79 Å². The smallest absolute Gasteiger partial charge is 0.196 e. The van der Waals surface area contributed by atoms with E-state index in [2.05, 4.69) is 10.2 Å². The van der Waals surface area contributed by atoms with Crippen molar-refractivity contribution in [1.29, 1.82) is 0 Å². The van der Waals surface area contributed by atoms with Crippen LogP contribution in [-0.4, -0.2) is 33.4 Å². The third-order valence-electron chi connectivity index (χ3n) is 3.47. The molecule has 0 aliphatic carbocycles. The van der Waals surface area contributed by atoms with Crippen LogP contribution in [0, 0.1) is 0 Å². The van der Waals surface area contributed by atoms with Crippen molar-refractivity contribution in [1.82, 2.24) is 14.8 Å². The summed E-state index contributed by atoms with van der Waals surface area (Å²) in [6.07, 6.45) is 0. The van der Waals surface area contributed by atoms with E-state index >= 15 is 0 Å². The van der Waals surface area contributed by atoms with Crippen molar-refractivity contribution < 1.29 is 9.53 Å². The van der Waals surface area contributed by atoms with E-state index in [1.54, 1.807) is 14.0 Å². The molecule has 0 N–H and O–H groups in total. The zero-order chi connectivity index (χ0) is 17.8. The molecule has 1 heterocycles. The summed E-state index contributed by atoms with van der Waals surface area (Å²) in [7, 11) is 1.62. The van der Waals surface area contributed by atoms with E-state index in [4.69, 9.17) is 16.3 Å². The van der Waals surface area contributed by atoms with Crippen molar-refractivity contribution in [3.63, 3.8) is 0 Å². The molecule has 3 aromatic rings. The molecule has 2 aromatic carbocycles. The number of nitrogens with zero attached hydrogens (tertiary/aromatic N) is 3. The SMILES string of the molecule is COc1ccccc1-c1nnc(SCC(C)=O)n1-c1ccc(Cl)cc1. The van der Waals surface area contributed by atoms with E-state index in [1.165, 1.54) is 11.8 Å². The fourth-order valence-electron chi connectivity index (χ4n) is 2.36. The number of ether oxygens (including phenoxy) is 1. The van der Waals surface area contributed by atoms with Gasteiger partial charge in [0.15, 0.2) is 11.0 Å². The van der Waals surface area contributed by atoms with Crippen LogP contribution in [0.3, 0.4) is 0 Å². The van der Waals surface area contributed by atoms with Crippen LogP contribution >= 0.6 is 23.4 Å². The number of carbonyl (C=O) groups excluding carboxylic acids is 1. The standard InChI is InChI=1S/C18H16ClN3O2S/c1-12(23)11-25-18-21-20-17(15-5-3-4-6-16(15)24-2)22(18)14-9-7-13(19)8-10-14/h3-10H,11H2,1-2H3. The van der Waals surface area contributed by atoms with E-state index in [-0.39, 0.29) is 5.78 Å². The predicted molar refractivity (Wildman–Crippen MR) is 99.8 cm³/mol. The second-order valence-corrected chi connectivity index (χ2v) is 6.69. The number of hydrogen-bond acceptors (Lipinski definition) is 5. The zero-order valence-corrected chi connectivity index (χ0v) is 15.3. The van der Waals surface area contributed by atoms with Crippen molar-refractivity contribution in [2.24, 2.45) is 0 Å². The van der Waals surface area contributed by atoms with Crippen molar-refractivity contribution in [3.8, 4) is 22.8 Å². The number of benzene rings is 2. The van der Waals surface area contributed by atoms with Crippen molar-refractivity contribution in [2.75, 3.05) is 12.9 Å². The van der Waals surface area contributed by atoms with Crippen LogP contribution in [0.1, 0.15) is 6.92 Å². The average molecular weight is 374 g/mol. The molecule has 25 heavy (non-hydrogen) atoms. The fourth-order valence-corrected chi connectivity index (χ4v) is 3.23. The van der Waals surface area contributed by atoms with Gasteiger partial charge in [-0.1, -0.05) is 35.5 Å². The molecule has 0 unspecified atom stereocenters. The number of carbonyl (C=O) groups is 1. The van der Waals surface area contributed by atoms with E-state index in [1.807, 2.05) is 53.1 Å². The van der Waals surface area contributed by atoms with Gasteiger partial charge >= 0.3 is 0 Å². The molecule has 7 heteroatoms. The maximum Gasteiger partial charge on any atom is 0.196 e. The molecule has 1 aromatic heterocycles. The molecule has 128 valence electrons. The Labute approximate surface area is 155 Å². The minimum Gasteiger partial charge on any atom is -0.496 e. The number of ketones is 1. The minimum atomic E-state index is 0.0782. The van der Waals surface area contributed by atoms with Crippen LogP contribution in [0.25, 0.3) is 17.1 Å². The predicted octanol–water partition coefficient (Wildman–Crippen LogP) is 4.28. The summed E-state index contributed by atoms with van der Waals surface area (Å²) < 4.78 is 7.36. The van der Waals surface area contributed by atoms with Crippen molar-refractivity contribution in [2.45, 2.75) is 12.1 Å². The second kappa shape index (κ2) is 7.72. The van der Waals surface area contributed by atoms with Gasteiger partial charge in [0.2, 0.25) is 0 Å². The Bertz CT molecular complexity index is 894. The number of aromatic nitrogens is 3. The average Bonchev–Trinajstić information content (AvgIpc) is 3.04. The maximum atomic E-state index is 11.4. The summed E-state index contributed by atoms with van der Waals surface area (Å²) >= 11 is 7.36. The molecule has 0 aliphatic heterocycles. The second-order valence-electron chi connectivity index (χ2n) is 5.31. The van der Waals surface area contributed by atoms with Gasteiger partial charge < -0.3 is 4.74 Å². The Kier molecular flexibility index (Phi) is 5.40. The molecular formula is C18H16ClN3O2S. The molecular weight excluding hydrogens is 358 g/mol. The Balaban J connectivity index is 2.15. The van der Waals surface area contributed by atoms with Crippen LogP contribution < -0.4 is 4.74 Å². The first kappa shape index (κ1) is 17.5. The van der Waals surface area contributed by atoms with Gasteiger partial charge in [-0.25, -0.2) is 0 Å². The summed E-state index contributed by atoms with van der Waals surface area (Å²) in [5.41, 5.74) is 1.68. The summed E-state index contributed by atoms with van der Waals surface area (Å²) in [6, 6.07) is 15.0. The Morgan fingerprint density at radius 3 is 2.56 bits per heavy atom. The Morgan fingerprint density at radius 1 is 1.16 bits per heavy atom. The number of Topliss-reactive ketones (excluding diaryl/α,β-unsaturated/α-hetero) is 1. The highest BCUT2D eigenvalue weighted by Gasteiger charge is 2.19. The van der Waals surface area contributed by atoms with Crippen molar-refractivity contribution in [3.05, 3.63) is 53.6 Å². The lowest BCUT2D eigenvalue weighted by molar-refractivity contribution is -0.114. The van der Waals surface area contributed by atoms with Gasteiger partial charge in [0.25, 0.3) is 0 Å². The number of rotatable bonds is 6. The molecule has 0 spiro atoms. The molecule has 0 amide bonds. The highest BCUT2D eigenvalue weighted by atomic mass is 35.5. The first-order chi connectivity index (χ1) is 12.1. The number of halogens is 1. The highest BCUT2D eigenvalue weighted by molar-refractivity contribution is 7.99. The van der Waals surface area contributed by atoms with Gasteiger partial charge in [-0.05, 0) is 43.3 Å². The van der Waals surface area contributed by atoms with Crippen LogP contribution in [0.4, 0.5) is 0 Å². The summed E-state index contributed by atoms with van der Waals surface area (Å²) in [5.74, 6) is 1.76. The molecule has 0 fully saturated rings. The Hall–Kier alpha value is -2.31. The van der Waals surface area contributed by atoms with Gasteiger partial charge in [0.05, 0.1) is 18.4 Å². The molecule has 0 atom stereocenters. The number of para-hydroxylation sites is 1. The first-order valence-corrected chi connectivity index (χ1v) is 8.93. The zero-order valence-electron chi connectivity index (χ0n) is 13.8. The van der Waals surface area contributed by atoms with Gasteiger partial charge in [-0.15, -0.1) is 10.2 Å².